The highest BCUT2D eigenvalue weighted by atomic mass is 32.1. The topological polar surface area (TPSA) is 33.1 Å². The molecule has 1 rings (SSSR count). The highest BCUT2D eigenvalue weighted by molar-refractivity contribution is 7.80. The van der Waals surface area contributed by atoms with E-state index in [9.17, 15) is 5.11 Å². The van der Waals surface area contributed by atoms with Gasteiger partial charge in [-0.2, -0.15) is 0 Å². The number of aliphatic hydroxyl groups excluding tert-OH is 1. The van der Waals surface area contributed by atoms with Crippen LogP contribution in [0.4, 0.5) is 0 Å². The van der Waals surface area contributed by atoms with Crippen LogP contribution in [0.5, 0.6) is 0 Å². The van der Waals surface area contributed by atoms with Gasteiger partial charge in [-0.05, 0) is 30.8 Å². The molecule has 0 radical (unpaired) electrons. The fourth-order valence-electron chi connectivity index (χ4n) is 1.39. The van der Waals surface area contributed by atoms with E-state index in [4.69, 9.17) is 12.2 Å². The zero-order chi connectivity index (χ0) is 10.4. The lowest BCUT2D eigenvalue weighted by Crippen LogP contribution is -2.11. The quantitative estimate of drug-likeness (QED) is 0.756. The second kappa shape index (κ2) is 5.70. The molecule has 0 aliphatic carbocycles. The Bertz CT molecular complexity index is 287. The number of unbranched alkanes of at least 4 members (excludes halogenated alkanes) is 1. The molecule has 0 saturated heterocycles. The van der Waals surface area contributed by atoms with Crippen LogP contribution in [-0.2, 0) is 0 Å². The third kappa shape index (κ3) is 3.07. The van der Waals surface area contributed by atoms with Gasteiger partial charge in [-0.3, -0.25) is 4.98 Å². The van der Waals surface area contributed by atoms with Crippen molar-refractivity contribution in [1.29, 1.82) is 0 Å². The minimum Gasteiger partial charge on any atom is -0.501 e. The molecule has 76 valence electrons. The molecular weight excluding hydrogens is 194 g/mol. The molecule has 1 heterocycles. The predicted molar refractivity (Wildman–Crippen MR) is 61.7 cm³/mol. The smallest absolute Gasteiger partial charge is 0.165 e. The van der Waals surface area contributed by atoms with Crippen molar-refractivity contribution >= 4 is 17.3 Å². The molecule has 3 heteroatoms. The van der Waals surface area contributed by atoms with Gasteiger partial charge in [0.2, 0.25) is 0 Å². The van der Waals surface area contributed by atoms with E-state index in [-0.39, 0.29) is 11.0 Å². The molecule has 0 spiro atoms. The maximum absolute atomic E-state index is 9.38. The van der Waals surface area contributed by atoms with Gasteiger partial charge in [0.25, 0.3) is 0 Å². The molecule has 0 aliphatic rings. The van der Waals surface area contributed by atoms with Gasteiger partial charge < -0.3 is 5.11 Å². The number of rotatable bonds is 5. The van der Waals surface area contributed by atoms with E-state index in [1.807, 2.05) is 18.2 Å². The lowest BCUT2D eigenvalue weighted by Gasteiger charge is -2.12. The lowest BCUT2D eigenvalue weighted by atomic mass is 9.99. The van der Waals surface area contributed by atoms with Crippen molar-refractivity contribution in [1.82, 2.24) is 4.98 Å². The van der Waals surface area contributed by atoms with Crippen LogP contribution in [-0.4, -0.2) is 15.1 Å². The van der Waals surface area contributed by atoms with Crippen molar-refractivity contribution in [2.75, 3.05) is 0 Å². The Labute approximate surface area is 90.0 Å². The van der Waals surface area contributed by atoms with Gasteiger partial charge in [-0.25, -0.2) is 0 Å². The number of nitrogens with zero attached hydrogens (tertiary/aromatic N) is 1. The van der Waals surface area contributed by atoms with Crippen molar-refractivity contribution in [3.8, 4) is 0 Å². The van der Waals surface area contributed by atoms with E-state index in [0.29, 0.717) is 0 Å². The minimum atomic E-state index is -0.0776. The Balaban J connectivity index is 2.73. The number of hydrogen-bond donors (Lipinski definition) is 1. The zero-order valence-corrected chi connectivity index (χ0v) is 9.13. The average Bonchev–Trinajstić information content (AvgIpc) is 2.19. The molecular formula is C11H15NOS. The third-order valence-electron chi connectivity index (χ3n) is 2.19. The molecule has 1 aromatic rings. The predicted octanol–water partition coefficient (Wildman–Crippen LogP) is 3.24. The third-order valence-corrected chi connectivity index (χ3v) is 2.47. The number of aliphatic hydroxyl groups is 1. The van der Waals surface area contributed by atoms with Crippen LogP contribution in [0.2, 0.25) is 0 Å². The van der Waals surface area contributed by atoms with E-state index < -0.39 is 0 Å². The molecule has 0 bridgehead atoms. The van der Waals surface area contributed by atoms with E-state index in [0.717, 1.165) is 25.0 Å². The van der Waals surface area contributed by atoms with Crippen LogP contribution in [0, 0.1) is 0 Å². The lowest BCUT2D eigenvalue weighted by molar-refractivity contribution is 0.512. The maximum atomic E-state index is 9.38. The number of pyridine rings is 1. The number of aromatic nitrogens is 1. The van der Waals surface area contributed by atoms with Gasteiger partial charge in [-0.1, -0.05) is 25.8 Å². The highest BCUT2D eigenvalue weighted by Crippen LogP contribution is 2.20. The molecule has 1 atom stereocenters. The largest absolute Gasteiger partial charge is 0.501 e. The summed E-state index contributed by atoms with van der Waals surface area (Å²) in [6, 6.07) is 5.68. The highest BCUT2D eigenvalue weighted by Gasteiger charge is 2.16. The summed E-state index contributed by atoms with van der Waals surface area (Å²) in [5.41, 5.74) is 0.869. The van der Waals surface area contributed by atoms with E-state index in [2.05, 4.69) is 11.9 Å². The standard InChI is InChI=1S/C11H15NOS/c1-2-3-6-9(11(13)14)10-7-4-5-8-12-10/h4-5,7-9H,2-3,6H2,1H3,(H,13,14). The van der Waals surface area contributed by atoms with Gasteiger partial charge in [0.15, 0.2) is 5.05 Å². The summed E-state index contributed by atoms with van der Waals surface area (Å²) in [4.78, 5) is 4.21. The molecule has 1 aromatic heterocycles. The summed E-state index contributed by atoms with van der Waals surface area (Å²) in [7, 11) is 0. The summed E-state index contributed by atoms with van der Waals surface area (Å²) in [6.07, 6.45) is 4.77. The van der Waals surface area contributed by atoms with Gasteiger partial charge >= 0.3 is 0 Å². The summed E-state index contributed by atoms with van der Waals surface area (Å²) >= 11 is 4.83. The number of hydrogen-bond acceptors (Lipinski definition) is 2. The van der Waals surface area contributed by atoms with Crippen LogP contribution in [0.3, 0.4) is 0 Å². The first-order valence-electron chi connectivity index (χ1n) is 4.89. The molecule has 1 unspecified atom stereocenters. The normalized spacial score (nSPS) is 12.4. The summed E-state index contributed by atoms with van der Waals surface area (Å²) < 4.78 is 0. The van der Waals surface area contributed by atoms with Crippen molar-refractivity contribution in [3.05, 3.63) is 30.1 Å². The second-order valence-electron chi connectivity index (χ2n) is 3.29. The van der Waals surface area contributed by atoms with Crippen LogP contribution in [0.15, 0.2) is 24.4 Å². The Morgan fingerprint density at radius 1 is 1.57 bits per heavy atom. The molecule has 0 amide bonds. The van der Waals surface area contributed by atoms with E-state index in [1.54, 1.807) is 6.20 Å². The fourth-order valence-corrected chi connectivity index (χ4v) is 1.63. The molecule has 0 aliphatic heterocycles. The van der Waals surface area contributed by atoms with Crippen molar-refractivity contribution in [2.45, 2.75) is 32.1 Å². The van der Waals surface area contributed by atoms with Crippen LogP contribution >= 0.6 is 12.2 Å². The first-order chi connectivity index (χ1) is 6.75. The first-order valence-corrected chi connectivity index (χ1v) is 5.30. The SMILES string of the molecule is CCCCC(C(O)=S)c1ccccn1. The van der Waals surface area contributed by atoms with Crippen molar-refractivity contribution in [3.63, 3.8) is 0 Å². The molecule has 1 N–H and O–H groups in total. The van der Waals surface area contributed by atoms with E-state index in [1.165, 1.54) is 0 Å². The second-order valence-corrected chi connectivity index (χ2v) is 3.71. The summed E-state index contributed by atoms with van der Waals surface area (Å²) in [5.74, 6) is -0.0776. The molecule has 0 fully saturated rings. The Morgan fingerprint density at radius 2 is 2.36 bits per heavy atom. The van der Waals surface area contributed by atoms with Crippen LogP contribution in [0.1, 0.15) is 37.8 Å². The van der Waals surface area contributed by atoms with E-state index >= 15 is 0 Å². The van der Waals surface area contributed by atoms with Crippen LogP contribution in [0.25, 0.3) is 0 Å². The van der Waals surface area contributed by atoms with Crippen molar-refractivity contribution in [2.24, 2.45) is 0 Å². The monoisotopic (exact) mass is 209 g/mol. The Hall–Kier alpha value is -0.960. The minimum absolute atomic E-state index is 0.0529. The number of thiocarbonyl (C=S) groups is 1. The molecule has 0 saturated carbocycles. The van der Waals surface area contributed by atoms with Gasteiger partial charge in [0.05, 0.1) is 11.6 Å². The molecule has 14 heavy (non-hydrogen) atoms. The van der Waals surface area contributed by atoms with Crippen LogP contribution < -0.4 is 0 Å². The first kappa shape index (κ1) is 11.1. The fraction of sp³-hybridized carbons (Fsp3) is 0.455. The van der Waals surface area contributed by atoms with Gasteiger partial charge in [-0.15, -0.1) is 0 Å². The molecule has 0 aromatic carbocycles. The summed E-state index contributed by atoms with van der Waals surface area (Å²) in [6.45, 7) is 2.12. The summed E-state index contributed by atoms with van der Waals surface area (Å²) in [5, 5.41) is 9.44. The zero-order valence-electron chi connectivity index (χ0n) is 8.31. The van der Waals surface area contributed by atoms with Gasteiger partial charge in [0.1, 0.15) is 0 Å². The molecule has 2 nitrogen and oxygen atoms in total. The van der Waals surface area contributed by atoms with Crippen molar-refractivity contribution < 1.29 is 5.11 Å². The van der Waals surface area contributed by atoms with Gasteiger partial charge in [0, 0.05) is 6.20 Å². The maximum Gasteiger partial charge on any atom is 0.165 e. The Morgan fingerprint density at radius 3 is 2.86 bits per heavy atom. The average molecular weight is 209 g/mol. The Kier molecular flexibility index (Phi) is 4.53.